The minimum atomic E-state index is 0. The van der Waals surface area contributed by atoms with E-state index < -0.39 is 0 Å². The summed E-state index contributed by atoms with van der Waals surface area (Å²) in [5, 5.41) is 11.2. The summed E-state index contributed by atoms with van der Waals surface area (Å²) in [6, 6.07) is 3.75. The molecule has 1 aromatic rings. The zero-order chi connectivity index (χ0) is 8.81. The van der Waals surface area contributed by atoms with Gasteiger partial charge in [-0.05, 0) is 12.1 Å². The maximum Gasteiger partial charge on any atom is 0.178 e. The van der Waals surface area contributed by atoms with Crippen molar-refractivity contribution in [3.8, 4) is 0 Å². The van der Waals surface area contributed by atoms with Gasteiger partial charge in [0.25, 0.3) is 0 Å². The number of hydrogen-bond acceptors (Lipinski definition) is 2. The Hall–Kier alpha value is -1.16. The maximum atomic E-state index is 8.28. The topological polar surface area (TPSA) is 36.5 Å². The van der Waals surface area contributed by atoms with Crippen LogP contribution in [0.2, 0.25) is 0 Å². The van der Waals surface area contributed by atoms with Gasteiger partial charge in [-0.1, -0.05) is 11.7 Å². The third-order valence-corrected chi connectivity index (χ3v) is 1.43. The number of aromatic nitrogens is 1. The maximum absolute atomic E-state index is 8.28. The van der Waals surface area contributed by atoms with E-state index in [0.29, 0.717) is 0 Å². The summed E-state index contributed by atoms with van der Waals surface area (Å²) in [4.78, 5) is 0. The lowest BCUT2D eigenvalue weighted by Crippen LogP contribution is -3.00. The van der Waals surface area contributed by atoms with Crippen LogP contribution in [0.15, 0.2) is 42.3 Å². The molecule has 3 nitrogen and oxygen atoms in total. The SMILES string of the molecule is C=CC[n+]1cccc(/C=N/O)c1.[Br-]. The highest BCUT2D eigenvalue weighted by atomic mass is 79.9. The molecule has 0 spiro atoms. The second kappa shape index (κ2) is 6.37. The van der Waals surface area contributed by atoms with E-state index >= 15 is 0 Å². The number of pyridine rings is 1. The lowest BCUT2D eigenvalue weighted by Gasteiger charge is -1.91. The van der Waals surface area contributed by atoms with E-state index in [4.69, 9.17) is 5.21 Å². The highest BCUT2D eigenvalue weighted by molar-refractivity contribution is 5.77. The first-order valence-corrected chi connectivity index (χ1v) is 3.64. The Morgan fingerprint density at radius 3 is 3.00 bits per heavy atom. The average Bonchev–Trinajstić information content (AvgIpc) is 2.06. The smallest absolute Gasteiger partial charge is 0.178 e. The van der Waals surface area contributed by atoms with Crippen molar-refractivity contribution in [3.63, 3.8) is 0 Å². The molecule has 0 aliphatic rings. The molecule has 1 heterocycles. The first-order valence-electron chi connectivity index (χ1n) is 3.64. The molecule has 0 bridgehead atoms. The number of allylic oxidation sites excluding steroid dienone is 1. The van der Waals surface area contributed by atoms with Crippen molar-refractivity contribution < 1.29 is 26.8 Å². The van der Waals surface area contributed by atoms with Crippen LogP contribution in [0.25, 0.3) is 0 Å². The summed E-state index contributed by atoms with van der Waals surface area (Å²) < 4.78 is 1.95. The van der Waals surface area contributed by atoms with Crippen LogP contribution >= 0.6 is 0 Å². The van der Waals surface area contributed by atoms with Gasteiger partial charge in [0, 0.05) is 6.07 Å². The van der Waals surface area contributed by atoms with Gasteiger partial charge in [0.1, 0.15) is 0 Å². The Morgan fingerprint density at radius 2 is 2.38 bits per heavy atom. The first kappa shape index (κ1) is 11.8. The van der Waals surface area contributed by atoms with Crippen LogP contribution in [0.4, 0.5) is 0 Å². The Labute approximate surface area is 87.8 Å². The number of oxime groups is 1. The molecule has 1 N–H and O–H groups in total. The highest BCUT2D eigenvalue weighted by Crippen LogP contribution is 1.88. The number of nitrogens with zero attached hydrogens (tertiary/aromatic N) is 2. The van der Waals surface area contributed by atoms with E-state index in [-0.39, 0.29) is 17.0 Å². The molecule has 0 saturated heterocycles. The molecule has 1 rings (SSSR count). The van der Waals surface area contributed by atoms with Crippen LogP contribution in [0.3, 0.4) is 0 Å². The van der Waals surface area contributed by atoms with Crippen molar-refractivity contribution in [1.29, 1.82) is 0 Å². The molecule has 0 atom stereocenters. The van der Waals surface area contributed by atoms with Crippen molar-refractivity contribution in [2.75, 3.05) is 0 Å². The van der Waals surface area contributed by atoms with Gasteiger partial charge in [-0.25, -0.2) is 4.57 Å². The van der Waals surface area contributed by atoms with E-state index in [0.717, 1.165) is 12.1 Å². The third-order valence-electron chi connectivity index (χ3n) is 1.43. The van der Waals surface area contributed by atoms with Crippen molar-refractivity contribution in [2.24, 2.45) is 5.16 Å². The third kappa shape index (κ3) is 3.85. The minimum Gasteiger partial charge on any atom is -1.00 e. The molecule has 0 aliphatic heterocycles. The number of rotatable bonds is 3. The van der Waals surface area contributed by atoms with Gasteiger partial charge in [0.15, 0.2) is 18.9 Å². The molecular formula is C9H11BrN2O. The van der Waals surface area contributed by atoms with Crippen molar-refractivity contribution in [1.82, 2.24) is 0 Å². The zero-order valence-electron chi connectivity index (χ0n) is 7.10. The second-order valence-corrected chi connectivity index (χ2v) is 2.37. The van der Waals surface area contributed by atoms with Crippen LogP contribution in [-0.2, 0) is 6.54 Å². The van der Waals surface area contributed by atoms with Gasteiger partial charge in [-0.2, -0.15) is 0 Å². The second-order valence-electron chi connectivity index (χ2n) is 2.37. The first-order chi connectivity index (χ1) is 5.86. The largest absolute Gasteiger partial charge is 1.00 e. The molecule has 0 saturated carbocycles. The van der Waals surface area contributed by atoms with Crippen molar-refractivity contribution in [2.45, 2.75) is 6.54 Å². The minimum absolute atomic E-state index is 0. The predicted octanol–water partition coefficient (Wildman–Crippen LogP) is -2.03. The van der Waals surface area contributed by atoms with E-state index in [1.54, 1.807) is 6.08 Å². The Morgan fingerprint density at radius 1 is 1.62 bits per heavy atom. The monoisotopic (exact) mass is 242 g/mol. The predicted molar refractivity (Wildman–Crippen MR) is 46.2 cm³/mol. The summed E-state index contributed by atoms with van der Waals surface area (Å²) in [5.74, 6) is 0. The van der Waals surface area contributed by atoms with E-state index in [2.05, 4.69) is 11.7 Å². The Kier molecular flexibility index (Phi) is 5.80. The fourth-order valence-electron chi connectivity index (χ4n) is 0.948. The summed E-state index contributed by atoms with van der Waals surface area (Å²) in [5.41, 5.74) is 0.863. The molecule has 0 aliphatic carbocycles. The molecule has 70 valence electrons. The van der Waals surface area contributed by atoms with Crippen LogP contribution in [-0.4, -0.2) is 11.4 Å². The summed E-state index contributed by atoms with van der Waals surface area (Å²) >= 11 is 0. The Balaban J connectivity index is 0.00000144. The quantitative estimate of drug-likeness (QED) is 0.215. The van der Waals surface area contributed by atoms with Crippen molar-refractivity contribution >= 4 is 6.21 Å². The molecule has 0 amide bonds. The van der Waals surface area contributed by atoms with Gasteiger partial charge >= 0.3 is 0 Å². The lowest BCUT2D eigenvalue weighted by atomic mass is 10.3. The van der Waals surface area contributed by atoms with Gasteiger partial charge in [-0.3, -0.25) is 0 Å². The standard InChI is InChI=1S/C9H10N2O.BrH/c1-2-5-11-6-3-4-9(8-11)7-10-12;/h2-4,6-8H,1,5H2;1H/b10-7+;. The van der Waals surface area contributed by atoms with Gasteiger partial charge < -0.3 is 22.2 Å². The molecule has 0 aromatic carbocycles. The van der Waals surface area contributed by atoms with Crippen LogP contribution in [0.5, 0.6) is 0 Å². The lowest BCUT2D eigenvalue weighted by molar-refractivity contribution is -0.687. The van der Waals surface area contributed by atoms with Gasteiger partial charge in [-0.15, -0.1) is 0 Å². The van der Waals surface area contributed by atoms with E-state index in [1.807, 2.05) is 29.1 Å². The zero-order valence-corrected chi connectivity index (χ0v) is 8.68. The van der Waals surface area contributed by atoms with Crippen LogP contribution in [0.1, 0.15) is 5.56 Å². The Bertz CT molecular complexity index is 299. The fraction of sp³-hybridized carbons (Fsp3) is 0.111. The summed E-state index contributed by atoms with van der Waals surface area (Å²) in [7, 11) is 0. The highest BCUT2D eigenvalue weighted by Gasteiger charge is 1.97. The van der Waals surface area contributed by atoms with Crippen LogP contribution < -0.4 is 21.5 Å². The molecule has 0 radical (unpaired) electrons. The van der Waals surface area contributed by atoms with Crippen LogP contribution in [0, 0.1) is 0 Å². The fourth-order valence-corrected chi connectivity index (χ4v) is 0.948. The average molecular weight is 243 g/mol. The molecule has 13 heavy (non-hydrogen) atoms. The van der Waals surface area contributed by atoms with E-state index in [1.165, 1.54) is 6.21 Å². The molecular weight excluding hydrogens is 232 g/mol. The molecule has 0 fully saturated rings. The van der Waals surface area contributed by atoms with Crippen molar-refractivity contribution in [3.05, 3.63) is 42.7 Å². The molecule has 0 unspecified atom stereocenters. The summed E-state index contributed by atoms with van der Waals surface area (Å²) in [6.45, 7) is 4.38. The van der Waals surface area contributed by atoms with Gasteiger partial charge in [0.05, 0.1) is 11.8 Å². The molecule has 4 heteroatoms. The van der Waals surface area contributed by atoms with E-state index in [9.17, 15) is 0 Å². The number of halogens is 1. The number of hydrogen-bond donors (Lipinski definition) is 1. The van der Waals surface area contributed by atoms with Gasteiger partial charge in [0.2, 0.25) is 0 Å². The molecule has 1 aromatic heterocycles. The summed E-state index contributed by atoms with van der Waals surface area (Å²) in [6.07, 6.45) is 7.00. The normalized spacial score (nSPS) is 9.54.